The molecule has 24 heavy (non-hydrogen) atoms. The second-order valence-corrected chi connectivity index (χ2v) is 6.67. The number of aryl methyl sites for hydroxylation is 1. The lowest BCUT2D eigenvalue weighted by Crippen LogP contribution is -2.27. The highest BCUT2D eigenvalue weighted by atomic mass is 15.1. The van der Waals surface area contributed by atoms with E-state index in [4.69, 9.17) is 0 Å². The van der Waals surface area contributed by atoms with Crippen LogP contribution in [0.4, 0.5) is 0 Å². The van der Waals surface area contributed by atoms with E-state index in [1.54, 1.807) is 0 Å². The smallest absolute Gasteiger partial charge is 0.0357 e. The fourth-order valence-electron chi connectivity index (χ4n) is 3.89. The molecular formula is C23H23N. The summed E-state index contributed by atoms with van der Waals surface area (Å²) in [6.45, 7) is 0.970. The van der Waals surface area contributed by atoms with Crippen molar-refractivity contribution in [1.82, 2.24) is 4.90 Å². The van der Waals surface area contributed by atoms with Crippen molar-refractivity contribution in [3.8, 4) is 0 Å². The third-order valence-corrected chi connectivity index (χ3v) is 5.10. The number of benzene rings is 3. The number of hydrogen-bond donors (Lipinski definition) is 0. The van der Waals surface area contributed by atoms with Crippen LogP contribution in [0.2, 0.25) is 0 Å². The van der Waals surface area contributed by atoms with Crippen molar-refractivity contribution in [2.45, 2.75) is 18.9 Å². The maximum atomic E-state index is 2.48. The van der Waals surface area contributed by atoms with Crippen molar-refractivity contribution in [3.05, 3.63) is 89.5 Å². The van der Waals surface area contributed by atoms with Gasteiger partial charge < -0.3 is 0 Å². The first-order valence-electron chi connectivity index (χ1n) is 8.75. The largest absolute Gasteiger partial charge is 0.296 e. The van der Waals surface area contributed by atoms with E-state index in [9.17, 15) is 0 Å². The maximum Gasteiger partial charge on any atom is 0.0357 e. The summed E-state index contributed by atoms with van der Waals surface area (Å²) in [7, 11) is 2.24. The highest BCUT2D eigenvalue weighted by Crippen LogP contribution is 2.37. The predicted molar refractivity (Wildman–Crippen MR) is 103 cm³/mol. The molecule has 1 aliphatic carbocycles. The Balaban J connectivity index is 1.57. The van der Waals surface area contributed by atoms with Gasteiger partial charge >= 0.3 is 0 Å². The van der Waals surface area contributed by atoms with Gasteiger partial charge in [-0.2, -0.15) is 0 Å². The molecule has 0 aliphatic heterocycles. The summed E-state index contributed by atoms with van der Waals surface area (Å²) < 4.78 is 0. The molecule has 3 aromatic carbocycles. The van der Waals surface area contributed by atoms with Gasteiger partial charge in [-0.3, -0.25) is 4.90 Å². The molecule has 1 aliphatic rings. The van der Waals surface area contributed by atoms with Gasteiger partial charge in [0.15, 0.2) is 0 Å². The maximum absolute atomic E-state index is 2.48. The van der Waals surface area contributed by atoms with Crippen molar-refractivity contribution in [3.63, 3.8) is 0 Å². The van der Waals surface area contributed by atoms with Crippen LogP contribution in [0.1, 0.15) is 29.2 Å². The van der Waals surface area contributed by atoms with E-state index in [-0.39, 0.29) is 0 Å². The molecule has 0 N–H and O–H groups in total. The van der Waals surface area contributed by atoms with Crippen LogP contribution < -0.4 is 0 Å². The molecule has 0 amide bonds. The van der Waals surface area contributed by atoms with Crippen LogP contribution in [0.15, 0.2) is 72.8 Å². The van der Waals surface area contributed by atoms with Crippen molar-refractivity contribution < 1.29 is 0 Å². The zero-order chi connectivity index (χ0) is 16.4. The van der Waals surface area contributed by atoms with E-state index >= 15 is 0 Å². The molecule has 0 bridgehead atoms. The second-order valence-electron chi connectivity index (χ2n) is 6.67. The molecule has 0 aromatic heterocycles. The molecule has 1 unspecified atom stereocenters. The first-order chi connectivity index (χ1) is 11.8. The molecule has 1 atom stereocenters. The van der Waals surface area contributed by atoms with Crippen molar-refractivity contribution in [1.29, 1.82) is 0 Å². The van der Waals surface area contributed by atoms with E-state index in [0.717, 1.165) is 6.54 Å². The minimum Gasteiger partial charge on any atom is -0.296 e. The van der Waals surface area contributed by atoms with Gasteiger partial charge in [0.2, 0.25) is 0 Å². The number of likely N-dealkylation sites (N-methyl/N-ethyl adjacent to an activating group) is 1. The van der Waals surface area contributed by atoms with Crippen LogP contribution in [0, 0.1) is 0 Å². The standard InChI is InChI=1S/C23H23N/c1-24(17-7-10-18-8-3-2-4-9-18)22-16-15-20-12-5-11-19-13-6-14-21(22)23(19)20/h2-14,22H,15-17H2,1H3/b10-7+. The third kappa shape index (κ3) is 2.88. The molecule has 1 heteroatoms. The van der Waals surface area contributed by atoms with Gasteiger partial charge in [0, 0.05) is 12.6 Å². The van der Waals surface area contributed by atoms with Crippen LogP contribution in [0.25, 0.3) is 16.8 Å². The summed E-state index contributed by atoms with van der Waals surface area (Å²) in [5.41, 5.74) is 4.26. The minimum absolute atomic E-state index is 0.504. The molecule has 0 spiro atoms. The Morgan fingerprint density at radius 3 is 2.58 bits per heavy atom. The lowest BCUT2D eigenvalue weighted by atomic mass is 9.85. The molecule has 0 fully saturated rings. The van der Waals surface area contributed by atoms with E-state index in [2.05, 4.69) is 90.8 Å². The van der Waals surface area contributed by atoms with Gasteiger partial charge in [0.1, 0.15) is 0 Å². The predicted octanol–water partition coefficient (Wildman–Crippen LogP) is 5.47. The van der Waals surface area contributed by atoms with Gasteiger partial charge in [0.05, 0.1) is 0 Å². The van der Waals surface area contributed by atoms with Crippen molar-refractivity contribution in [2.24, 2.45) is 0 Å². The first kappa shape index (κ1) is 15.2. The van der Waals surface area contributed by atoms with E-state index < -0.39 is 0 Å². The van der Waals surface area contributed by atoms with Crippen LogP contribution in [0.3, 0.4) is 0 Å². The second kappa shape index (κ2) is 6.62. The molecule has 0 radical (unpaired) electrons. The fourth-order valence-corrected chi connectivity index (χ4v) is 3.89. The van der Waals surface area contributed by atoms with Gasteiger partial charge in [-0.15, -0.1) is 0 Å². The summed E-state index contributed by atoms with van der Waals surface area (Å²) in [4.78, 5) is 2.48. The van der Waals surface area contributed by atoms with Crippen LogP contribution >= 0.6 is 0 Å². The molecule has 0 saturated carbocycles. The lowest BCUT2D eigenvalue weighted by Gasteiger charge is -2.32. The summed E-state index contributed by atoms with van der Waals surface area (Å²) in [6.07, 6.45) is 6.86. The zero-order valence-corrected chi connectivity index (χ0v) is 14.2. The highest BCUT2D eigenvalue weighted by Gasteiger charge is 2.23. The molecule has 1 nitrogen and oxygen atoms in total. The number of rotatable bonds is 4. The average Bonchev–Trinajstić information content (AvgIpc) is 2.63. The average molecular weight is 313 g/mol. The Kier molecular flexibility index (Phi) is 4.18. The lowest BCUT2D eigenvalue weighted by molar-refractivity contribution is 0.256. The normalized spacial score (nSPS) is 17.0. The molecule has 4 rings (SSSR count). The third-order valence-electron chi connectivity index (χ3n) is 5.10. The van der Waals surface area contributed by atoms with Gasteiger partial charge in [0.25, 0.3) is 0 Å². The van der Waals surface area contributed by atoms with E-state index in [0.29, 0.717) is 6.04 Å². The van der Waals surface area contributed by atoms with Crippen molar-refractivity contribution >= 4 is 16.8 Å². The first-order valence-corrected chi connectivity index (χ1v) is 8.75. The number of hydrogen-bond acceptors (Lipinski definition) is 1. The quantitative estimate of drug-likeness (QED) is 0.617. The van der Waals surface area contributed by atoms with Gasteiger partial charge in [-0.05, 0) is 47.4 Å². The summed E-state index contributed by atoms with van der Waals surface area (Å²) >= 11 is 0. The van der Waals surface area contributed by atoms with E-state index in [1.807, 2.05) is 0 Å². The summed E-state index contributed by atoms with van der Waals surface area (Å²) in [5.74, 6) is 0. The topological polar surface area (TPSA) is 3.24 Å². The molecule has 0 heterocycles. The summed E-state index contributed by atoms with van der Waals surface area (Å²) in [6, 6.07) is 24.5. The Bertz CT molecular complexity index is 858. The summed E-state index contributed by atoms with van der Waals surface area (Å²) in [5, 5.41) is 2.86. The SMILES string of the molecule is CN(C/C=C/c1ccccc1)C1CCc2cccc3cccc1c23. The molecule has 120 valence electrons. The Morgan fingerprint density at radius 2 is 1.75 bits per heavy atom. The number of nitrogens with zero attached hydrogens (tertiary/aromatic N) is 1. The van der Waals surface area contributed by atoms with E-state index in [1.165, 1.54) is 40.3 Å². The van der Waals surface area contributed by atoms with Crippen LogP contribution in [0.5, 0.6) is 0 Å². The molecule has 3 aromatic rings. The van der Waals surface area contributed by atoms with Gasteiger partial charge in [-0.25, -0.2) is 0 Å². The highest BCUT2D eigenvalue weighted by molar-refractivity contribution is 5.90. The van der Waals surface area contributed by atoms with Crippen LogP contribution in [-0.2, 0) is 6.42 Å². The van der Waals surface area contributed by atoms with Crippen molar-refractivity contribution in [2.75, 3.05) is 13.6 Å². The van der Waals surface area contributed by atoms with Gasteiger partial charge in [-0.1, -0.05) is 78.9 Å². The molecular weight excluding hydrogens is 290 g/mol. The van der Waals surface area contributed by atoms with Crippen LogP contribution in [-0.4, -0.2) is 18.5 Å². The Morgan fingerprint density at radius 1 is 0.958 bits per heavy atom. The minimum atomic E-state index is 0.504. The Labute approximate surface area is 144 Å². The Hall–Kier alpha value is -2.38. The monoisotopic (exact) mass is 313 g/mol. The fraction of sp³-hybridized carbons (Fsp3) is 0.217. The zero-order valence-electron chi connectivity index (χ0n) is 14.2. The molecule has 0 saturated heterocycles.